The van der Waals surface area contributed by atoms with Gasteiger partial charge in [-0.1, -0.05) is 0 Å². The fourth-order valence-corrected chi connectivity index (χ4v) is 2.10. The summed E-state index contributed by atoms with van der Waals surface area (Å²) >= 11 is 1.57. The van der Waals surface area contributed by atoms with E-state index in [0.717, 1.165) is 32.8 Å². The highest BCUT2D eigenvalue weighted by atomic mass is 35.5. The van der Waals surface area contributed by atoms with Crippen molar-refractivity contribution >= 4 is 41.3 Å². The van der Waals surface area contributed by atoms with Crippen LogP contribution in [0.1, 0.15) is 4.88 Å². The molecule has 15 heavy (non-hydrogen) atoms. The molecule has 2 heterocycles. The summed E-state index contributed by atoms with van der Waals surface area (Å²) in [6.45, 7) is 4.66. The molecule has 1 aliphatic heterocycles. The summed E-state index contributed by atoms with van der Waals surface area (Å²) in [5, 5.41) is 0.656. The van der Waals surface area contributed by atoms with Crippen LogP contribution in [0.2, 0.25) is 0 Å². The number of aromatic nitrogens is 1. The minimum atomic E-state index is 0. The van der Waals surface area contributed by atoms with Gasteiger partial charge in [-0.2, -0.15) is 0 Å². The minimum absolute atomic E-state index is 0. The molecule has 0 spiro atoms. The molecule has 1 aromatic rings. The van der Waals surface area contributed by atoms with Crippen molar-refractivity contribution in [2.75, 3.05) is 32.0 Å². The average Bonchev–Trinajstić information content (AvgIpc) is 2.53. The zero-order valence-electron chi connectivity index (χ0n) is 8.22. The molecule has 0 amide bonds. The molecule has 1 fully saturated rings. The predicted octanol–water partition coefficient (Wildman–Crippen LogP) is 1.40. The molecular formula is C8H15Cl2N3OS. The fourth-order valence-electron chi connectivity index (χ4n) is 1.38. The Morgan fingerprint density at radius 2 is 2.07 bits per heavy atom. The zero-order valence-corrected chi connectivity index (χ0v) is 10.7. The first kappa shape index (κ1) is 14.9. The van der Waals surface area contributed by atoms with E-state index < -0.39 is 0 Å². The van der Waals surface area contributed by atoms with Crippen LogP contribution in [0.5, 0.6) is 0 Å². The van der Waals surface area contributed by atoms with E-state index >= 15 is 0 Å². The van der Waals surface area contributed by atoms with Gasteiger partial charge in [-0.3, -0.25) is 4.90 Å². The van der Waals surface area contributed by atoms with Gasteiger partial charge in [-0.25, -0.2) is 4.98 Å². The molecule has 88 valence electrons. The first-order valence-electron chi connectivity index (χ1n) is 4.35. The maximum Gasteiger partial charge on any atom is 0.180 e. The third-order valence-electron chi connectivity index (χ3n) is 2.05. The van der Waals surface area contributed by atoms with E-state index in [-0.39, 0.29) is 24.8 Å². The lowest BCUT2D eigenvalue weighted by Crippen LogP contribution is -2.35. The van der Waals surface area contributed by atoms with E-state index in [1.807, 2.05) is 6.20 Å². The number of nitrogen functional groups attached to an aromatic ring is 1. The molecule has 0 unspecified atom stereocenters. The minimum Gasteiger partial charge on any atom is -0.379 e. The zero-order chi connectivity index (χ0) is 9.10. The van der Waals surface area contributed by atoms with Gasteiger partial charge in [0.05, 0.1) is 13.2 Å². The standard InChI is InChI=1S/C8H13N3OS.2ClH/c9-8-10-5-7(13-8)6-11-1-3-12-4-2-11;;/h5H,1-4,6H2,(H2,9,10);2*1H. The number of anilines is 1. The number of nitrogens with two attached hydrogens (primary N) is 1. The summed E-state index contributed by atoms with van der Waals surface area (Å²) < 4.78 is 5.26. The first-order valence-corrected chi connectivity index (χ1v) is 5.16. The molecule has 7 heteroatoms. The van der Waals surface area contributed by atoms with Gasteiger partial charge in [0.15, 0.2) is 5.13 Å². The normalized spacial score (nSPS) is 16.5. The number of hydrogen-bond donors (Lipinski definition) is 1. The van der Waals surface area contributed by atoms with Crippen LogP contribution < -0.4 is 5.73 Å². The lowest BCUT2D eigenvalue weighted by atomic mass is 10.4. The number of ether oxygens (including phenoxy) is 1. The van der Waals surface area contributed by atoms with E-state index in [2.05, 4.69) is 9.88 Å². The summed E-state index contributed by atoms with van der Waals surface area (Å²) in [6.07, 6.45) is 1.86. The second-order valence-corrected chi connectivity index (χ2v) is 4.20. The van der Waals surface area contributed by atoms with Gasteiger partial charge in [0.25, 0.3) is 0 Å². The summed E-state index contributed by atoms with van der Waals surface area (Å²) in [5.74, 6) is 0. The van der Waals surface area contributed by atoms with Crippen LogP contribution in [-0.2, 0) is 11.3 Å². The van der Waals surface area contributed by atoms with Crippen LogP contribution in [0, 0.1) is 0 Å². The molecular weight excluding hydrogens is 257 g/mol. The Kier molecular flexibility index (Phi) is 7.21. The summed E-state index contributed by atoms with van der Waals surface area (Å²) in [5.41, 5.74) is 5.55. The monoisotopic (exact) mass is 271 g/mol. The highest BCUT2D eigenvalue weighted by molar-refractivity contribution is 7.15. The molecule has 0 atom stereocenters. The van der Waals surface area contributed by atoms with Gasteiger partial charge < -0.3 is 10.5 Å². The number of nitrogens with zero attached hydrogens (tertiary/aromatic N) is 2. The van der Waals surface area contributed by atoms with Crippen molar-refractivity contribution in [3.8, 4) is 0 Å². The Labute approximate surface area is 106 Å². The van der Waals surface area contributed by atoms with Crippen LogP contribution in [0.4, 0.5) is 5.13 Å². The molecule has 0 aliphatic carbocycles. The van der Waals surface area contributed by atoms with Gasteiger partial charge in [0.2, 0.25) is 0 Å². The molecule has 1 saturated heterocycles. The van der Waals surface area contributed by atoms with E-state index in [4.69, 9.17) is 10.5 Å². The van der Waals surface area contributed by atoms with Crippen LogP contribution in [0.15, 0.2) is 6.20 Å². The molecule has 2 N–H and O–H groups in total. The van der Waals surface area contributed by atoms with Crippen molar-refractivity contribution in [1.29, 1.82) is 0 Å². The van der Waals surface area contributed by atoms with Crippen molar-refractivity contribution in [2.45, 2.75) is 6.54 Å². The number of rotatable bonds is 2. The highest BCUT2D eigenvalue weighted by Gasteiger charge is 2.11. The van der Waals surface area contributed by atoms with E-state index in [9.17, 15) is 0 Å². The molecule has 0 aromatic carbocycles. The van der Waals surface area contributed by atoms with Crippen molar-refractivity contribution < 1.29 is 4.74 Å². The fraction of sp³-hybridized carbons (Fsp3) is 0.625. The van der Waals surface area contributed by atoms with E-state index in [1.165, 1.54) is 4.88 Å². The maximum atomic E-state index is 5.55. The van der Waals surface area contributed by atoms with Crippen molar-refractivity contribution in [2.24, 2.45) is 0 Å². The molecule has 2 rings (SSSR count). The Morgan fingerprint density at radius 1 is 1.40 bits per heavy atom. The second-order valence-electron chi connectivity index (χ2n) is 3.05. The Morgan fingerprint density at radius 3 is 2.60 bits per heavy atom. The van der Waals surface area contributed by atoms with Gasteiger partial charge in [-0.05, 0) is 0 Å². The Hall–Kier alpha value is -0.0700. The number of halogens is 2. The van der Waals surface area contributed by atoms with Crippen LogP contribution in [0.25, 0.3) is 0 Å². The number of morpholine rings is 1. The third-order valence-corrected chi connectivity index (χ3v) is 2.87. The summed E-state index contributed by atoms with van der Waals surface area (Å²) in [6, 6.07) is 0. The van der Waals surface area contributed by atoms with E-state index in [0.29, 0.717) is 5.13 Å². The van der Waals surface area contributed by atoms with Gasteiger partial charge in [0, 0.05) is 30.7 Å². The lowest BCUT2D eigenvalue weighted by Gasteiger charge is -2.25. The molecule has 1 aromatic heterocycles. The van der Waals surface area contributed by atoms with Crippen molar-refractivity contribution in [1.82, 2.24) is 9.88 Å². The summed E-state index contributed by atoms with van der Waals surface area (Å²) in [4.78, 5) is 7.61. The van der Waals surface area contributed by atoms with Gasteiger partial charge >= 0.3 is 0 Å². The molecule has 0 radical (unpaired) electrons. The number of thiazole rings is 1. The largest absolute Gasteiger partial charge is 0.379 e. The maximum absolute atomic E-state index is 5.55. The average molecular weight is 272 g/mol. The van der Waals surface area contributed by atoms with Gasteiger partial charge in [0.1, 0.15) is 0 Å². The molecule has 4 nitrogen and oxygen atoms in total. The van der Waals surface area contributed by atoms with Crippen LogP contribution >= 0.6 is 36.2 Å². The van der Waals surface area contributed by atoms with Crippen LogP contribution in [-0.4, -0.2) is 36.2 Å². The van der Waals surface area contributed by atoms with Gasteiger partial charge in [-0.15, -0.1) is 36.2 Å². The third kappa shape index (κ3) is 4.53. The Balaban J connectivity index is 0.000000980. The predicted molar refractivity (Wildman–Crippen MR) is 67.1 cm³/mol. The SMILES string of the molecule is Cl.Cl.Nc1ncc(CN2CCOCC2)s1. The quantitative estimate of drug-likeness (QED) is 0.884. The molecule has 0 bridgehead atoms. The summed E-state index contributed by atoms with van der Waals surface area (Å²) in [7, 11) is 0. The highest BCUT2D eigenvalue weighted by Crippen LogP contribution is 2.16. The Bertz CT molecular complexity index is 279. The number of hydrogen-bond acceptors (Lipinski definition) is 5. The smallest absolute Gasteiger partial charge is 0.180 e. The van der Waals surface area contributed by atoms with Crippen molar-refractivity contribution in [3.63, 3.8) is 0 Å². The van der Waals surface area contributed by atoms with Crippen LogP contribution in [0.3, 0.4) is 0 Å². The van der Waals surface area contributed by atoms with Crippen molar-refractivity contribution in [3.05, 3.63) is 11.1 Å². The molecule has 0 saturated carbocycles. The lowest BCUT2D eigenvalue weighted by molar-refractivity contribution is 0.0346. The topological polar surface area (TPSA) is 51.4 Å². The second kappa shape index (κ2) is 7.24. The first-order chi connectivity index (χ1) is 6.34. The molecule has 1 aliphatic rings. The van der Waals surface area contributed by atoms with E-state index in [1.54, 1.807) is 11.3 Å².